The van der Waals surface area contributed by atoms with E-state index in [0.29, 0.717) is 32.7 Å². The van der Waals surface area contributed by atoms with Crippen molar-refractivity contribution in [2.24, 2.45) is 0 Å². The zero-order valence-corrected chi connectivity index (χ0v) is 17.3. The Morgan fingerprint density at radius 3 is 2.45 bits per heavy atom. The summed E-state index contributed by atoms with van der Waals surface area (Å²) in [5, 5.41) is 9.01. The van der Waals surface area contributed by atoms with Crippen molar-refractivity contribution in [2.75, 3.05) is 38.3 Å². The van der Waals surface area contributed by atoms with Crippen LogP contribution in [0.2, 0.25) is 0 Å². The van der Waals surface area contributed by atoms with Gasteiger partial charge in [-0.3, -0.25) is 9.69 Å². The van der Waals surface area contributed by atoms with Gasteiger partial charge in [-0.1, -0.05) is 12.1 Å². The number of nitrogens with zero attached hydrogens (tertiary/aromatic N) is 3. The van der Waals surface area contributed by atoms with Gasteiger partial charge in [0.15, 0.2) is 11.5 Å². The van der Waals surface area contributed by atoms with Crippen LogP contribution < -0.4 is 14.4 Å². The van der Waals surface area contributed by atoms with Crippen LogP contribution in [0.15, 0.2) is 36.4 Å². The first-order valence-corrected chi connectivity index (χ1v) is 9.79. The average Bonchev–Trinajstić information content (AvgIpc) is 2.67. The van der Waals surface area contributed by atoms with Crippen molar-refractivity contribution in [1.29, 1.82) is 5.26 Å². The van der Waals surface area contributed by atoms with Gasteiger partial charge in [0.2, 0.25) is 5.91 Å². The third-order valence-corrected chi connectivity index (χ3v) is 4.73. The van der Waals surface area contributed by atoms with Gasteiger partial charge in [0.05, 0.1) is 19.0 Å². The molecule has 2 aromatic rings. The number of nitriles is 1. The number of hydrogen-bond donors (Lipinski definition) is 0. The molecule has 29 heavy (non-hydrogen) atoms. The van der Waals surface area contributed by atoms with E-state index in [0.717, 1.165) is 33.9 Å². The number of benzene rings is 2. The standard InChI is InChI=1S/C23H27N3O3/c1-17-11-18(2)13-20(12-17)26(8-4-7-24)23(27)16-25(3)15-19-5-6-21-22(14-19)29-10-9-28-21/h5-6,11-14H,4,8-10,15-16H2,1-3H3. The Hall–Kier alpha value is -3.04. The van der Waals surface area contributed by atoms with Crippen LogP contribution in [0.3, 0.4) is 0 Å². The molecular formula is C23H27N3O3. The maximum atomic E-state index is 13.0. The number of amides is 1. The lowest BCUT2D eigenvalue weighted by atomic mass is 10.1. The molecule has 6 nitrogen and oxygen atoms in total. The number of carbonyl (C=O) groups is 1. The van der Waals surface area contributed by atoms with Crippen molar-refractivity contribution in [1.82, 2.24) is 4.90 Å². The Balaban J connectivity index is 1.69. The quantitative estimate of drug-likeness (QED) is 0.721. The van der Waals surface area contributed by atoms with Crippen molar-refractivity contribution in [3.63, 3.8) is 0 Å². The van der Waals surface area contributed by atoms with E-state index < -0.39 is 0 Å². The summed E-state index contributed by atoms with van der Waals surface area (Å²) in [5.41, 5.74) is 4.09. The predicted molar refractivity (Wildman–Crippen MR) is 112 cm³/mol. The first kappa shape index (κ1) is 20.7. The lowest BCUT2D eigenvalue weighted by molar-refractivity contribution is -0.119. The van der Waals surface area contributed by atoms with E-state index >= 15 is 0 Å². The van der Waals surface area contributed by atoms with Crippen LogP contribution in [0.4, 0.5) is 5.69 Å². The van der Waals surface area contributed by atoms with Gasteiger partial charge in [0.1, 0.15) is 13.2 Å². The molecule has 0 N–H and O–H groups in total. The third-order valence-electron chi connectivity index (χ3n) is 4.73. The molecule has 1 heterocycles. The number of fused-ring (bicyclic) bond motifs is 1. The molecule has 0 saturated heterocycles. The van der Waals surface area contributed by atoms with Crippen LogP contribution in [-0.4, -0.2) is 44.2 Å². The summed E-state index contributed by atoms with van der Waals surface area (Å²) in [6.45, 7) is 6.39. The maximum Gasteiger partial charge on any atom is 0.241 e. The molecule has 0 aliphatic carbocycles. The smallest absolute Gasteiger partial charge is 0.241 e. The summed E-state index contributed by atoms with van der Waals surface area (Å²) in [7, 11) is 1.92. The van der Waals surface area contributed by atoms with Crippen molar-refractivity contribution >= 4 is 11.6 Å². The van der Waals surface area contributed by atoms with E-state index in [9.17, 15) is 4.79 Å². The van der Waals surface area contributed by atoms with Crippen LogP contribution in [0.1, 0.15) is 23.1 Å². The molecule has 0 fully saturated rings. The second-order valence-electron chi connectivity index (χ2n) is 7.45. The third kappa shape index (κ3) is 5.49. The Labute approximate surface area is 172 Å². The van der Waals surface area contributed by atoms with Crippen LogP contribution >= 0.6 is 0 Å². The molecule has 152 valence electrons. The lowest BCUT2D eigenvalue weighted by Gasteiger charge is -2.26. The molecule has 1 amide bonds. The molecule has 0 radical (unpaired) electrons. The highest BCUT2D eigenvalue weighted by atomic mass is 16.6. The fourth-order valence-electron chi connectivity index (χ4n) is 3.54. The lowest BCUT2D eigenvalue weighted by Crippen LogP contribution is -2.39. The predicted octanol–water partition coefficient (Wildman–Crippen LogP) is 3.45. The van der Waals surface area contributed by atoms with Gasteiger partial charge in [-0.05, 0) is 61.9 Å². The van der Waals surface area contributed by atoms with Crippen LogP contribution in [0, 0.1) is 25.2 Å². The Kier molecular flexibility index (Phi) is 6.73. The van der Waals surface area contributed by atoms with Gasteiger partial charge in [-0.15, -0.1) is 0 Å². The number of likely N-dealkylation sites (N-methyl/N-ethyl adjacent to an activating group) is 1. The SMILES string of the molecule is Cc1cc(C)cc(N(CCC#N)C(=O)CN(C)Cc2ccc3c(c2)OCCO3)c1. The minimum absolute atomic E-state index is 0.0229. The first-order chi connectivity index (χ1) is 14.0. The largest absolute Gasteiger partial charge is 0.486 e. The molecule has 0 saturated carbocycles. The van der Waals surface area contributed by atoms with Gasteiger partial charge in [-0.2, -0.15) is 5.26 Å². The van der Waals surface area contributed by atoms with Gasteiger partial charge in [-0.25, -0.2) is 0 Å². The van der Waals surface area contributed by atoms with E-state index in [2.05, 4.69) is 12.1 Å². The Morgan fingerprint density at radius 1 is 1.07 bits per heavy atom. The molecule has 6 heteroatoms. The summed E-state index contributed by atoms with van der Waals surface area (Å²) in [6.07, 6.45) is 0.296. The fourth-order valence-corrected chi connectivity index (χ4v) is 3.54. The monoisotopic (exact) mass is 393 g/mol. The number of ether oxygens (including phenoxy) is 2. The topological polar surface area (TPSA) is 65.8 Å². The van der Waals surface area contributed by atoms with Crippen molar-refractivity contribution in [2.45, 2.75) is 26.8 Å². The molecule has 1 aliphatic heterocycles. The van der Waals surface area contributed by atoms with Gasteiger partial charge >= 0.3 is 0 Å². The summed E-state index contributed by atoms with van der Waals surface area (Å²) >= 11 is 0. The number of aryl methyl sites for hydroxylation is 2. The molecule has 1 aliphatic rings. The fraction of sp³-hybridized carbons (Fsp3) is 0.391. The van der Waals surface area contributed by atoms with Gasteiger partial charge in [0, 0.05) is 18.8 Å². The maximum absolute atomic E-state index is 13.0. The normalized spacial score (nSPS) is 12.5. The number of carbonyl (C=O) groups excluding carboxylic acids is 1. The molecule has 0 aromatic heterocycles. The van der Waals surface area contributed by atoms with E-state index in [-0.39, 0.29) is 12.5 Å². The average molecular weight is 393 g/mol. The van der Waals surface area contributed by atoms with E-state index in [1.807, 2.05) is 56.1 Å². The first-order valence-electron chi connectivity index (χ1n) is 9.79. The molecule has 0 atom stereocenters. The second-order valence-corrected chi connectivity index (χ2v) is 7.45. The molecule has 3 rings (SSSR count). The highest BCUT2D eigenvalue weighted by Gasteiger charge is 2.19. The van der Waals surface area contributed by atoms with Gasteiger partial charge < -0.3 is 14.4 Å². The van der Waals surface area contributed by atoms with Crippen LogP contribution in [0.5, 0.6) is 11.5 Å². The zero-order chi connectivity index (χ0) is 20.8. The van der Waals surface area contributed by atoms with Crippen molar-refractivity contribution < 1.29 is 14.3 Å². The minimum atomic E-state index is -0.0229. The van der Waals surface area contributed by atoms with Gasteiger partial charge in [0.25, 0.3) is 0 Å². The Morgan fingerprint density at radius 2 is 1.76 bits per heavy atom. The summed E-state index contributed by atoms with van der Waals surface area (Å²) in [4.78, 5) is 16.7. The van der Waals surface area contributed by atoms with E-state index in [4.69, 9.17) is 14.7 Å². The number of hydrogen-bond acceptors (Lipinski definition) is 5. The number of anilines is 1. The summed E-state index contributed by atoms with van der Waals surface area (Å²) in [5.74, 6) is 1.49. The Bertz CT molecular complexity index is 900. The van der Waals surface area contributed by atoms with Crippen LogP contribution in [0.25, 0.3) is 0 Å². The van der Waals surface area contributed by atoms with E-state index in [1.54, 1.807) is 4.90 Å². The molecule has 0 spiro atoms. The molecular weight excluding hydrogens is 366 g/mol. The number of rotatable bonds is 7. The van der Waals surface area contributed by atoms with Crippen LogP contribution in [-0.2, 0) is 11.3 Å². The second kappa shape index (κ2) is 9.44. The van der Waals surface area contributed by atoms with Crippen molar-refractivity contribution in [3.05, 3.63) is 53.1 Å². The molecule has 0 unspecified atom stereocenters. The highest BCUT2D eigenvalue weighted by Crippen LogP contribution is 2.31. The molecule has 2 aromatic carbocycles. The molecule has 0 bridgehead atoms. The van der Waals surface area contributed by atoms with Crippen molar-refractivity contribution in [3.8, 4) is 17.6 Å². The highest BCUT2D eigenvalue weighted by molar-refractivity contribution is 5.95. The minimum Gasteiger partial charge on any atom is -0.486 e. The zero-order valence-electron chi connectivity index (χ0n) is 17.3. The summed E-state index contributed by atoms with van der Waals surface area (Å²) in [6, 6.07) is 14.1. The summed E-state index contributed by atoms with van der Waals surface area (Å²) < 4.78 is 11.2. The van der Waals surface area contributed by atoms with E-state index in [1.165, 1.54) is 0 Å².